The van der Waals surface area contributed by atoms with Gasteiger partial charge in [0.1, 0.15) is 27.9 Å². The number of aryl methyl sites for hydroxylation is 1. The van der Waals surface area contributed by atoms with Crippen molar-refractivity contribution >= 4 is 33.7 Å². The molecule has 162 valence electrons. The number of halogens is 1. The molecular formula is C23H21ClN6O2. The summed E-state index contributed by atoms with van der Waals surface area (Å²) in [7, 11) is 0. The molecule has 32 heavy (non-hydrogen) atoms. The van der Waals surface area contributed by atoms with E-state index in [1.165, 1.54) is 0 Å². The predicted molar refractivity (Wildman–Crippen MR) is 123 cm³/mol. The van der Waals surface area contributed by atoms with Crippen molar-refractivity contribution in [3.63, 3.8) is 0 Å². The predicted octanol–water partition coefficient (Wildman–Crippen LogP) is 4.89. The van der Waals surface area contributed by atoms with Gasteiger partial charge >= 0.3 is 0 Å². The number of benzene rings is 2. The van der Waals surface area contributed by atoms with Crippen LogP contribution in [0.25, 0.3) is 33.3 Å². The largest absolute Gasteiger partial charge is 0.456 e. The van der Waals surface area contributed by atoms with Crippen molar-refractivity contribution < 1.29 is 9.84 Å². The maximum atomic E-state index is 10.0. The average Bonchev–Trinajstić information content (AvgIpc) is 3.34. The van der Waals surface area contributed by atoms with Crippen molar-refractivity contribution in [1.29, 1.82) is 0 Å². The maximum absolute atomic E-state index is 10.0. The zero-order chi connectivity index (χ0) is 22.5. The van der Waals surface area contributed by atoms with E-state index >= 15 is 0 Å². The molecule has 2 N–H and O–H groups in total. The molecule has 0 spiro atoms. The number of nitrogens with zero attached hydrogens (tertiary/aromatic N) is 5. The molecule has 9 heteroatoms. The third-order valence-corrected chi connectivity index (χ3v) is 5.26. The van der Waals surface area contributed by atoms with Gasteiger partial charge in [-0.3, -0.25) is 9.67 Å². The van der Waals surface area contributed by atoms with Crippen molar-refractivity contribution in [2.24, 2.45) is 0 Å². The van der Waals surface area contributed by atoms with Crippen molar-refractivity contribution in [2.45, 2.75) is 32.9 Å². The lowest BCUT2D eigenvalue weighted by atomic mass is 10.1. The molecule has 0 aliphatic rings. The van der Waals surface area contributed by atoms with Gasteiger partial charge in [-0.2, -0.15) is 5.10 Å². The molecule has 0 aliphatic heterocycles. The summed E-state index contributed by atoms with van der Waals surface area (Å²) in [6.45, 7) is 5.74. The Hall–Kier alpha value is -3.49. The Morgan fingerprint density at radius 3 is 2.75 bits per heavy atom. The number of hydrogen-bond donors (Lipinski definition) is 2. The zero-order valence-corrected chi connectivity index (χ0v) is 18.6. The van der Waals surface area contributed by atoms with E-state index in [0.29, 0.717) is 39.8 Å². The van der Waals surface area contributed by atoms with Gasteiger partial charge in [0, 0.05) is 17.8 Å². The van der Waals surface area contributed by atoms with E-state index in [1.54, 1.807) is 37.0 Å². The Kier molecular flexibility index (Phi) is 4.83. The van der Waals surface area contributed by atoms with Gasteiger partial charge in [-0.05, 0) is 45.0 Å². The molecule has 3 heterocycles. The number of H-pyrrole nitrogens is 1. The molecular weight excluding hydrogens is 428 g/mol. The number of hydrogen-bond acceptors (Lipinski definition) is 6. The number of rotatable bonds is 5. The van der Waals surface area contributed by atoms with Gasteiger partial charge in [0.2, 0.25) is 0 Å². The molecule has 2 aromatic carbocycles. The number of nitrogens with one attached hydrogen (secondary N) is 1. The minimum absolute atomic E-state index is 0.368. The fraction of sp³-hybridized carbons (Fsp3) is 0.217. The van der Waals surface area contributed by atoms with Crippen molar-refractivity contribution in [3.05, 3.63) is 59.8 Å². The topological polar surface area (TPSA) is 102 Å². The molecule has 0 amide bonds. The first-order valence-corrected chi connectivity index (χ1v) is 10.5. The summed E-state index contributed by atoms with van der Waals surface area (Å²) in [4.78, 5) is 16.8. The summed E-state index contributed by atoms with van der Waals surface area (Å²) in [5.41, 5.74) is 3.51. The highest BCUT2D eigenvalue weighted by Gasteiger charge is 2.16. The van der Waals surface area contributed by atoms with Gasteiger partial charge in [0.25, 0.3) is 0 Å². The second-order valence-electron chi connectivity index (χ2n) is 8.34. The first-order valence-electron chi connectivity index (χ1n) is 10.1. The third-order valence-electron chi connectivity index (χ3n) is 4.90. The number of fused-ring (bicyclic) bond motifs is 2. The lowest BCUT2D eigenvalue weighted by molar-refractivity contribution is 0.0577. The minimum atomic E-state index is -0.869. The van der Waals surface area contributed by atoms with E-state index in [4.69, 9.17) is 21.3 Å². The smallest absolute Gasteiger partial charge is 0.148 e. The molecule has 8 nitrogen and oxygen atoms in total. The van der Waals surface area contributed by atoms with Crippen LogP contribution in [-0.2, 0) is 6.54 Å². The highest BCUT2D eigenvalue weighted by Crippen LogP contribution is 2.35. The standard InChI is InChI=1S/C23H21ClN6O2/c1-13-27-16-5-4-15(8-18(16)28-13)32-20-7-6-17-22(21(20)24)29-19(10-25-17)14-9-26-30(11-14)12-23(2,3)31/h4-11,31H,12H2,1-3H3,(H,27,28). The molecule has 0 radical (unpaired) electrons. The summed E-state index contributed by atoms with van der Waals surface area (Å²) in [6, 6.07) is 9.23. The zero-order valence-electron chi connectivity index (χ0n) is 17.8. The highest BCUT2D eigenvalue weighted by atomic mass is 35.5. The molecule has 3 aromatic heterocycles. The molecule has 0 saturated carbocycles. The Morgan fingerprint density at radius 2 is 1.94 bits per heavy atom. The van der Waals surface area contributed by atoms with E-state index in [9.17, 15) is 5.11 Å². The molecule has 5 rings (SSSR count). The Labute approximate surface area is 188 Å². The van der Waals surface area contributed by atoms with Crippen molar-refractivity contribution in [2.75, 3.05) is 0 Å². The Bertz CT molecular complexity index is 1450. The van der Waals surface area contributed by atoms with Crippen LogP contribution in [-0.4, -0.2) is 40.4 Å². The number of ether oxygens (including phenoxy) is 1. The van der Waals surface area contributed by atoms with E-state index in [1.807, 2.05) is 37.4 Å². The molecule has 0 bridgehead atoms. The van der Waals surface area contributed by atoms with Crippen LogP contribution in [0, 0.1) is 6.92 Å². The number of aromatic nitrogens is 6. The van der Waals surface area contributed by atoms with Crippen LogP contribution in [0.3, 0.4) is 0 Å². The molecule has 5 aromatic rings. The van der Waals surface area contributed by atoms with Gasteiger partial charge in [0.05, 0.1) is 46.8 Å². The second-order valence-corrected chi connectivity index (χ2v) is 8.72. The fourth-order valence-electron chi connectivity index (χ4n) is 3.53. The van der Waals surface area contributed by atoms with Crippen LogP contribution in [0.1, 0.15) is 19.7 Å². The van der Waals surface area contributed by atoms with Crippen LogP contribution in [0.2, 0.25) is 5.02 Å². The van der Waals surface area contributed by atoms with Gasteiger partial charge in [-0.25, -0.2) is 9.97 Å². The van der Waals surface area contributed by atoms with Gasteiger partial charge in [-0.1, -0.05) is 11.6 Å². The van der Waals surface area contributed by atoms with Crippen LogP contribution < -0.4 is 4.74 Å². The lowest BCUT2D eigenvalue weighted by Crippen LogP contribution is -2.26. The van der Waals surface area contributed by atoms with E-state index in [0.717, 1.165) is 22.4 Å². The van der Waals surface area contributed by atoms with Gasteiger partial charge in [0.15, 0.2) is 0 Å². The quantitative estimate of drug-likeness (QED) is 0.396. The number of aromatic amines is 1. The van der Waals surface area contributed by atoms with Crippen LogP contribution in [0.15, 0.2) is 48.9 Å². The van der Waals surface area contributed by atoms with E-state index < -0.39 is 5.60 Å². The first-order chi connectivity index (χ1) is 15.2. The number of aliphatic hydroxyl groups is 1. The van der Waals surface area contributed by atoms with Gasteiger partial charge in [-0.15, -0.1) is 0 Å². The Morgan fingerprint density at radius 1 is 1.12 bits per heavy atom. The molecule has 0 atom stereocenters. The summed E-state index contributed by atoms with van der Waals surface area (Å²) < 4.78 is 7.72. The van der Waals surface area contributed by atoms with E-state index in [-0.39, 0.29) is 0 Å². The van der Waals surface area contributed by atoms with Crippen LogP contribution in [0.5, 0.6) is 11.5 Å². The Balaban J connectivity index is 1.48. The lowest BCUT2D eigenvalue weighted by Gasteiger charge is -2.16. The van der Waals surface area contributed by atoms with Crippen molar-refractivity contribution in [3.8, 4) is 22.8 Å². The summed E-state index contributed by atoms with van der Waals surface area (Å²) >= 11 is 6.66. The van der Waals surface area contributed by atoms with Crippen molar-refractivity contribution in [1.82, 2.24) is 29.7 Å². The highest BCUT2D eigenvalue weighted by molar-refractivity contribution is 6.36. The van der Waals surface area contributed by atoms with Crippen LogP contribution >= 0.6 is 11.6 Å². The average molecular weight is 449 g/mol. The second kappa shape index (κ2) is 7.58. The monoisotopic (exact) mass is 448 g/mol. The first kappa shape index (κ1) is 20.4. The SMILES string of the molecule is Cc1nc2ccc(Oc3ccc4ncc(-c5cnn(CC(C)(C)O)c5)nc4c3Cl)cc2[nH]1. The minimum Gasteiger partial charge on any atom is -0.456 e. The van der Waals surface area contributed by atoms with Crippen LogP contribution in [0.4, 0.5) is 0 Å². The van der Waals surface area contributed by atoms with E-state index in [2.05, 4.69) is 20.1 Å². The summed E-state index contributed by atoms with van der Waals surface area (Å²) in [5, 5.41) is 14.7. The molecule has 0 saturated heterocycles. The molecule has 0 aliphatic carbocycles. The third kappa shape index (κ3) is 4.02. The fourth-order valence-corrected chi connectivity index (χ4v) is 3.77. The normalized spacial score (nSPS) is 12.0. The molecule has 0 fully saturated rings. The maximum Gasteiger partial charge on any atom is 0.148 e. The summed E-state index contributed by atoms with van der Waals surface area (Å²) in [6.07, 6.45) is 5.19. The molecule has 0 unspecified atom stereocenters. The summed E-state index contributed by atoms with van der Waals surface area (Å²) in [5.74, 6) is 1.97. The number of imidazole rings is 1. The van der Waals surface area contributed by atoms with Gasteiger partial charge < -0.3 is 14.8 Å².